The van der Waals surface area contributed by atoms with Gasteiger partial charge in [-0.05, 0) is 23.8 Å². The number of nitrogens with one attached hydrogen (secondary N) is 3. The van der Waals surface area contributed by atoms with Gasteiger partial charge in [0.1, 0.15) is 0 Å². The maximum Gasteiger partial charge on any atom is 0.251 e. The predicted octanol–water partition coefficient (Wildman–Crippen LogP) is 1.20. The van der Waals surface area contributed by atoms with Gasteiger partial charge in [0.15, 0.2) is 0 Å². The molecule has 5 N–H and O–H groups in total. The molecule has 2 aromatic rings. The van der Waals surface area contributed by atoms with Crippen LogP contribution in [-0.4, -0.2) is 54.0 Å². The standard InChI is InChI=1S/C20H24BrN3O3/c21-15-8-4-7-14(9-15)20(27)24-10-16(13-5-2-1-3-6-13)22-11-17-19(26)18(25)12-23-17/h1-9,16-19,22-23,25-26H,10-12H2,(H,24,27)/t16-,17-,18+,19-/m1/s1. The van der Waals surface area contributed by atoms with Crippen molar-refractivity contribution in [3.8, 4) is 0 Å². The number of hydrogen-bond donors (Lipinski definition) is 5. The fraction of sp³-hybridized carbons (Fsp3) is 0.350. The Morgan fingerprint density at radius 1 is 1.19 bits per heavy atom. The van der Waals surface area contributed by atoms with E-state index in [-0.39, 0.29) is 18.0 Å². The first-order chi connectivity index (χ1) is 13.0. The maximum absolute atomic E-state index is 12.4. The molecule has 1 heterocycles. The van der Waals surface area contributed by atoms with E-state index in [9.17, 15) is 15.0 Å². The first-order valence-corrected chi connectivity index (χ1v) is 9.75. The van der Waals surface area contributed by atoms with Crippen LogP contribution in [0.3, 0.4) is 0 Å². The summed E-state index contributed by atoms with van der Waals surface area (Å²) in [7, 11) is 0. The molecule has 144 valence electrons. The van der Waals surface area contributed by atoms with E-state index in [0.717, 1.165) is 10.0 Å². The fourth-order valence-corrected chi connectivity index (χ4v) is 3.56. The molecule has 1 amide bonds. The number of β-amino-alcohol motifs (C(OH)–C–C–N with tert-alkyl or cyclic N) is 1. The Kier molecular flexibility index (Phi) is 6.98. The predicted molar refractivity (Wildman–Crippen MR) is 107 cm³/mol. The van der Waals surface area contributed by atoms with Crippen LogP contribution in [0.15, 0.2) is 59.1 Å². The lowest BCUT2D eigenvalue weighted by Crippen LogP contribution is -2.45. The Morgan fingerprint density at radius 3 is 2.63 bits per heavy atom. The number of halogens is 1. The molecule has 1 aliphatic heterocycles. The van der Waals surface area contributed by atoms with Gasteiger partial charge in [-0.1, -0.05) is 52.3 Å². The molecule has 0 radical (unpaired) electrons. The molecule has 1 saturated heterocycles. The van der Waals surface area contributed by atoms with Crippen LogP contribution in [0.5, 0.6) is 0 Å². The smallest absolute Gasteiger partial charge is 0.251 e. The number of carbonyl (C=O) groups excluding carboxylic acids is 1. The molecule has 0 bridgehead atoms. The zero-order valence-corrected chi connectivity index (χ0v) is 16.4. The Bertz CT molecular complexity index is 759. The van der Waals surface area contributed by atoms with Crippen molar-refractivity contribution >= 4 is 21.8 Å². The monoisotopic (exact) mass is 433 g/mol. The number of aliphatic hydroxyl groups is 2. The molecule has 1 aliphatic rings. The van der Waals surface area contributed by atoms with E-state index in [1.165, 1.54) is 0 Å². The molecule has 7 heteroatoms. The first kappa shape index (κ1) is 20.0. The molecular formula is C20H24BrN3O3. The van der Waals surface area contributed by atoms with Crippen LogP contribution in [0.4, 0.5) is 0 Å². The maximum atomic E-state index is 12.4. The van der Waals surface area contributed by atoms with E-state index in [1.54, 1.807) is 12.1 Å². The molecule has 27 heavy (non-hydrogen) atoms. The molecular weight excluding hydrogens is 410 g/mol. The molecule has 6 nitrogen and oxygen atoms in total. The van der Waals surface area contributed by atoms with Gasteiger partial charge >= 0.3 is 0 Å². The number of hydrogen-bond acceptors (Lipinski definition) is 5. The van der Waals surface area contributed by atoms with Gasteiger partial charge in [0.2, 0.25) is 0 Å². The van der Waals surface area contributed by atoms with Crippen molar-refractivity contribution in [1.29, 1.82) is 0 Å². The molecule has 0 spiro atoms. The number of carbonyl (C=O) groups is 1. The fourth-order valence-electron chi connectivity index (χ4n) is 3.16. The van der Waals surface area contributed by atoms with Gasteiger partial charge in [-0.25, -0.2) is 0 Å². The van der Waals surface area contributed by atoms with Gasteiger partial charge in [-0.15, -0.1) is 0 Å². The Hall–Kier alpha value is -1.77. The van der Waals surface area contributed by atoms with Gasteiger partial charge in [0, 0.05) is 41.8 Å². The molecule has 4 atom stereocenters. The van der Waals surface area contributed by atoms with Crippen molar-refractivity contribution < 1.29 is 15.0 Å². The van der Waals surface area contributed by atoms with Crippen LogP contribution in [0.2, 0.25) is 0 Å². The molecule has 0 unspecified atom stereocenters. The lowest BCUT2D eigenvalue weighted by atomic mass is 10.1. The number of rotatable bonds is 7. The highest BCUT2D eigenvalue weighted by atomic mass is 79.9. The average molecular weight is 434 g/mol. The third-order valence-electron chi connectivity index (χ3n) is 4.74. The third-order valence-corrected chi connectivity index (χ3v) is 5.23. The van der Waals surface area contributed by atoms with Crippen LogP contribution < -0.4 is 16.0 Å². The lowest BCUT2D eigenvalue weighted by Gasteiger charge is -2.23. The van der Waals surface area contributed by atoms with Gasteiger partial charge in [-0.2, -0.15) is 0 Å². The van der Waals surface area contributed by atoms with Crippen molar-refractivity contribution in [2.45, 2.75) is 24.3 Å². The van der Waals surface area contributed by atoms with Crippen LogP contribution >= 0.6 is 15.9 Å². The second kappa shape index (κ2) is 9.43. The van der Waals surface area contributed by atoms with Gasteiger partial charge in [-0.3, -0.25) is 4.79 Å². The quantitative estimate of drug-likeness (QED) is 0.452. The minimum Gasteiger partial charge on any atom is -0.389 e. The van der Waals surface area contributed by atoms with Crippen LogP contribution in [0.25, 0.3) is 0 Å². The molecule has 3 rings (SSSR count). The zero-order chi connectivity index (χ0) is 19.2. The summed E-state index contributed by atoms with van der Waals surface area (Å²) in [6.45, 7) is 1.26. The topological polar surface area (TPSA) is 93.6 Å². The highest BCUT2D eigenvalue weighted by Gasteiger charge is 2.33. The van der Waals surface area contributed by atoms with Crippen molar-refractivity contribution in [1.82, 2.24) is 16.0 Å². The van der Waals surface area contributed by atoms with Crippen LogP contribution in [0, 0.1) is 0 Å². The lowest BCUT2D eigenvalue weighted by molar-refractivity contribution is 0.0403. The second-order valence-electron chi connectivity index (χ2n) is 6.66. The normalized spacial score (nSPS) is 23.1. The minimum atomic E-state index is -0.801. The molecule has 2 aromatic carbocycles. The summed E-state index contributed by atoms with van der Waals surface area (Å²) in [6, 6.07) is 16.7. The van der Waals surface area contributed by atoms with E-state index in [2.05, 4.69) is 31.9 Å². The Morgan fingerprint density at radius 2 is 1.96 bits per heavy atom. The van der Waals surface area contributed by atoms with E-state index >= 15 is 0 Å². The van der Waals surface area contributed by atoms with Crippen molar-refractivity contribution in [3.05, 3.63) is 70.2 Å². The second-order valence-corrected chi connectivity index (χ2v) is 7.58. The SMILES string of the molecule is O=C(NC[C@@H](NC[C@H]1NC[C@H](O)[C@@H]1O)c1ccccc1)c1cccc(Br)c1. The van der Waals surface area contributed by atoms with Crippen molar-refractivity contribution in [2.24, 2.45) is 0 Å². The first-order valence-electron chi connectivity index (χ1n) is 8.96. The van der Waals surface area contributed by atoms with Gasteiger partial charge < -0.3 is 26.2 Å². The van der Waals surface area contributed by atoms with Crippen LogP contribution in [-0.2, 0) is 0 Å². The van der Waals surface area contributed by atoms with E-state index in [1.807, 2.05) is 42.5 Å². The van der Waals surface area contributed by atoms with Crippen molar-refractivity contribution in [2.75, 3.05) is 19.6 Å². The summed E-state index contributed by atoms with van der Waals surface area (Å²) in [6.07, 6.45) is -1.55. The van der Waals surface area contributed by atoms with E-state index in [4.69, 9.17) is 0 Å². The summed E-state index contributed by atoms with van der Waals surface area (Å²) in [4.78, 5) is 12.4. The van der Waals surface area contributed by atoms with E-state index < -0.39 is 12.2 Å². The highest BCUT2D eigenvalue weighted by Crippen LogP contribution is 2.15. The van der Waals surface area contributed by atoms with E-state index in [0.29, 0.717) is 25.2 Å². The summed E-state index contributed by atoms with van der Waals surface area (Å²) < 4.78 is 0.854. The summed E-state index contributed by atoms with van der Waals surface area (Å²) in [5, 5.41) is 29.1. The number of aliphatic hydroxyl groups excluding tert-OH is 2. The molecule has 0 aromatic heterocycles. The van der Waals surface area contributed by atoms with Gasteiger partial charge in [0.05, 0.1) is 12.2 Å². The highest BCUT2D eigenvalue weighted by molar-refractivity contribution is 9.10. The summed E-state index contributed by atoms with van der Waals surface area (Å²) in [5.74, 6) is -0.145. The average Bonchev–Trinajstić information content (AvgIpc) is 3.00. The summed E-state index contributed by atoms with van der Waals surface area (Å²) >= 11 is 3.38. The zero-order valence-electron chi connectivity index (χ0n) is 14.8. The Labute approximate surface area is 167 Å². The largest absolute Gasteiger partial charge is 0.389 e. The minimum absolute atomic E-state index is 0.117. The third kappa shape index (κ3) is 5.37. The number of amides is 1. The summed E-state index contributed by atoms with van der Waals surface area (Å²) in [5.41, 5.74) is 1.63. The van der Waals surface area contributed by atoms with Gasteiger partial charge in [0.25, 0.3) is 5.91 Å². The number of benzene rings is 2. The molecule has 1 fully saturated rings. The Balaban J connectivity index is 1.63. The molecule has 0 aliphatic carbocycles. The van der Waals surface area contributed by atoms with Crippen molar-refractivity contribution in [3.63, 3.8) is 0 Å². The van der Waals surface area contributed by atoms with Crippen LogP contribution in [0.1, 0.15) is 22.0 Å². The molecule has 0 saturated carbocycles.